The summed E-state index contributed by atoms with van der Waals surface area (Å²) in [5.41, 5.74) is 1.25. The van der Waals surface area contributed by atoms with Crippen LogP contribution in [0.2, 0.25) is 0 Å². The zero-order chi connectivity index (χ0) is 14.5. The molecule has 3 rings (SSSR count). The lowest BCUT2D eigenvalue weighted by atomic mass is 10.3. The highest BCUT2D eigenvalue weighted by Gasteiger charge is 2.12. The van der Waals surface area contributed by atoms with Crippen LogP contribution in [0.1, 0.15) is 12.8 Å². The van der Waals surface area contributed by atoms with Gasteiger partial charge in [0.1, 0.15) is 18.5 Å². The molecule has 1 aliphatic heterocycles. The number of nitrogens with zero attached hydrogens (tertiary/aromatic N) is 3. The number of hydrogen-bond acceptors (Lipinski definition) is 4. The normalized spacial score (nSPS) is 16.1. The quantitative estimate of drug-likeness (QED) is 0.882. The van der Waals surface area contributed by atoms with Crippen LogP contribution in [-0.4, -0.2) is 40.5 Å². The number of imidazole rings is 1. The van der Waals surface area contributed by atoms with Gasteiger partial charge in [0, 0.05) is 31.2 Å². The molecule has 1 atom stereocenters. The maximum Gasteiger partial charge on any atom is 0.119 e. The highest BCUT2D eigenvalue weighted by Crippen LogP contribution is 2.23. The number of benzene rings is 1. The van der Waals surface area contributed by atoms with Crippen molar-refractivity contribution in [3.63, 3.8) is 0 Å². The highest BCUT2D eigenvalue weighted by atomic mass is 16.5. The van der Waals surface area contributed by atoms with E-state index in [-0.39, 0.29) is 6.61 Å². The fourth-order valence-electron chi connectivity index (χ4n) is 2.61. The Morgan fingerprint density at radius 2 is 1.95 bits per heavy atom. The first-order chi connectivity index (χ1) is 10.3. The molecule has 112 valence electrons. The van der Waals surface area contributed by atoms with Gasteiger partial charge in [0.2, 0.25) is 0 Å². The Labute approximate surface area is 124 Å². The monoisotopic (exact) mass is 287 g/mol. The summed E-state index contributed by atoms with van der Waals surface area (Å²) in [7, 11) is 0. The zero-order valence-corrected chi connectivity index (χ0v) is 12.1. The fraction of sp³-hybridized carbons (Fsp3) is 0.438. The Morgan fingerprint density at radius 1 is 1.19 bits per heavy atom. The molecule has 0 radical (unpaired) electrons. The molecule has 1 unspecified atom stereocenters. The minimum absolute atomic E-state index is 0.279. The summed E-state index contributed by atoms with van der Waals surface area (Å²) in [6.45, 7) is 3.06. The molecule has 1 fully saturated rings. The number of aromatic nitrogens is 2. The van der Waals surface area contributed by atoms with E-state index in [2.05, 4.69) is 22.0 Å². The van der Waals surface area contributed by atoms with Crippen molar-refractivity contribution in [2.45, 2.75) is 25.5 Å². The molecule has 0 bridgehead atoms. The fourth-order valence-corrected chi connectivity index (χ4v) is 2.61. The lowest BCUT2D eigenvalue weighted by Crippen LogP contribution is -2.23. The highest BCUT2D eigenvalue weighted by molar-refractivity contribution is 5.49. The molecular formula is C16H21N3O2. The van der Waals surface area contributed by atoms with Crippen molar-refractivity contribution >= 4 is 5.69 Å². The minimum Gasteiger partial charge on any atom is -0.491 e. The first kappa shape index (κ1) is 13.9. The number of hydrogen-bond donors (Lipinski definition) is 1. The van der Waals surface area contributed by atoms with Crippen LogP contribution in [0.25, 0.3) is 0 Å². The van der Waals surface area contributed by atoms with Crippen molar-refractivity contribution in [3.05, 3.63) is 43.0 Å². The molecule has 21 heavy (non-hydrogen) atoms. The van der Waals surface area contributed by atoms with Gasteiger partial charge in [0.05, 0.1) is 12.9 Å². The van der Waals surface area contributed by atoms with E-state index in [4.69, 9.17) is 4.74 Å². The molecule has 2 aromatic rings. The van der Waals surface area contributed by atoms with E-state index >= 15 is 0 Å². The zero-order valence-electron chi connectivity index (χ0n) is 12.1. The summed E-state index contributed by atoms with van der Waals surface area (Å²) >= 11 is 0. The predicted octanol–water partition coefficient (Wildman–Crippen LogP) is 1.92. The molecule has 0 amide bonds. The van der Waals surface area contributed by atoms with E-state index in [1.54, 1.807) is 12.5 Å². The molecule has 1 aromatic heterocycles. The van der Waals surface area contributed by atoms with Crippen LogP contribution in [0.5, 0.6) is 5.75 Å². The SMILES string of the molecule is OC(COc1ccc(N2CCCC2)cc1)Cn1ccnc1. The van der Waals surface area contributed by atoms with Gasteiger partial charge in [-0.3, -0.25) is 0 Å². The minimum atomic E-state index is -0.544. The van der Waals surface area contributed by atoms with Gasteiger partial charge in [-0.05, 0) is 37.1 Å². The molecule has 5 heteroatoms. The summed E-state index contributed by atoms with van der Waals surface area (Å²) in [5, 5.41) is 9.93. The predicted molar refractivity (Wildman–Crippen MR) is 81.6 cm³/mol. The number of rotatable bonds is 6. The van der Waals surface area contributed by atoms with Gasteiger partial charge in [0.15, 0.2) is 0 Å². The Bertz CT molecular complexity index is 533. The third kappa shape index (κ3) is 3.76. The third-order valence-corrected chi connectivity index (χ3v) is 3.73. The Kier molecular flexibility index (Phi) is 4.40. The average Bonchev–Trinajstić information content (AvgIpc) is 3.19. The van der Waals surface area contributed by atoms with Gasteiger partial charge in [0.25, 0.3) is 0 Å². The second-order valence-corrected chi connectivity index (χ2v) is 5.41. The molecule has 1 N–H and O–H groups in total. The maximum atomic E-state index is 9.93. The summed E-state index contributed by atoms with van der Waals surface area (Å²) in [5.74, 6) is 0.794. The van der Waals surface area contributed by atoms with Gasteiger partial charge in [-0.15, -0.1) is 0 Å². The summed E-state index contributed by atoms with van der Waals surface area (Å²) in [6.07, 6.45) is 7.22. The van der Waals surface area contributed by atoms with Crippen molar-refractivity contribution in [1.82, 2.24) is 9.55 Å². The van der Waals surface area contributed by atoms with Crippen LogP contribution in [0.15, 0.2) is 43.0 Å². The van der Waals surface area contributed by atoms with Crippen molar-refractivity contribution in [3.8, 4) is 5.75 Å². The van der Waals surface area contributed by atoms with Gasteiger partial charge < -0.3 is 19.3 Å². The first-order valence-electron chi connectivity index (χ1n) is 7.43. The van der Waals surface area contributed by atoms with E-state index < -0.39 is 6.10 Å². The molecule has 1 aromatic carbocycles. The smallest absolute Gasteiger partial charge is 0.119 e. The summed E-state index contributed by atoms with van der Waals surface area (Å²) in [6, 6.07) is 8.11. The Balaban J connectivity index is 1.48. The van der Waals surface area contributed by atoms with Gasteiger partial charge in [-0.1, -0.05) is 0 Å². The lowest BCUT2D eigenvalue weighted by Gasteiger charge is -2.18. The number of aliphatic hydroxyl groups is 1. The van der Waals surface area contributed by atoms with E-state index in [1.807, 2.05) is 22.9 Å². The molecule has 0 saturated carbocycles. The third-order valence-electron chi connectivity index (χ3n) is 3.73. The lowest BCUT2D eigenvalue weighted by molar-refractivity contribution is 0.0925. The molecule has 1 aliphatic rings. The van der Waals surface area contributed by atoms with E-state index in [0.717, 1.165) is 18.8 Å². The summed E-state index contributed by atoms with van der Waals surface area (Å²) < 4.78 is 7.47. The largest absolute Gasteiger partial charge is 0.491 e. The van der Waals surface area contributed by atoms with E-state index in [0.29, 0.717) is 6.54 Å². The van der Waals surface area contributed by atoms with Gasteiger partial charge in [-0.25, -0.2) is 4.98 Å². The van der Waals surface area contributed by atoms with Crippen LogP contribution < -0.4 is 9.64 Å². The second kappa shape index (κ2) is 6.63. The Hall–Kier alpha value is -2.01. The van der Waals surface area contributed by atoms with Crippen LogP contribution in [0.4, 0.5) is 5.69 Å². The van der Waals surface area contributed by atoms with Crippen molar-refractivity contribution in [2.24, 2.45) is 0 Å². The molecule has 5 nitrogen and oxygen atoms in total. The van der Waals surface area contributed by atoms with Crippen LogP contribution in [-0.2, 0) is 6.54 Å². The molecule has 0 spiro atoms. The maximum absolute atomic E-state index is 9.93. The topological polar surface area (TPSA) is 50.5 Å². The van der Waals surface area contributed by atoms with E-state index in [1.165, 1.54) is 18.5 Å². The molecule has 1 saturated heterocycles. The van der Waals surface area contributed by atoms with Crippen LogP contribution in [0, 0.1) is 0 Å². The van der Waals surface area contributed by atoms with E-state index in [9.17, 15) is 5.11 Å². The number of anilines is 1. The number of aliphatic hydroxyl groups excluding tert-OH is 1. The summed E-state index contributed by atoms with van der Waals surface area (Å²) in [4.78, 5) is 6.33. The van der Waals surface area contributed by atoms with Crippen molar-refractivity contribution in [2.75, 3.05) is 24.6 Å². The van der Waals surface area contributed by atoms with Crippen molar-refractivity contribution < 1.29 is 9.84 Å². The standard InChI is InChI=1S/C16H21N3O2/c20-15(11-18-10-7-17-13-18)12-21-16-5-3-14(4-6-16)19-8-1-2-9-19/h3-7,10,13,15,20H,1-2,8-9,11-12H2. The Morgan fingerprint density at radius 3 is 2.62 bits per heavy atom. The molecular weight excluding hydrogens is 266 g/mol. The van der Waals surface area contributed by atoms with Gasteiger partial charge >= 0.3 is 0 Å². The average molecular weight is 287 g/mol. The van der Waals surface area contributed by atoms with Crippen molar-refractivity contribution in [1.29, 1.82) is 0 Å². The molecule has 2 heterocycles. The van der Waals surface area contributed by atoms with Crippen LogP contribution in [0.3, 0.4) is 0 Å². The van der Waals surface area contributed by atoms with Gasteiger partial charge in [-0.2, -0.15) is 0 Å². The first-order valence-corrected chi connectivity index (χ1v) is 7.43. The number of ether oxygens (including phenoxy) is 1. The van der Waals surface area contributed by atoms with Crippen LogP contribution >= 0.6 is 0 Å². The molecule has 0 aliphatic carbocycles. The second-order valence-electron chi connectivity index (χ2n) is 5.41.